The fraction of sp³-hybridized carbons (Fsp3) is 0.182. The zero-order valence-corrected chi connectivity index (χ0v) is 24.9. The largest absolute Gasteiger partial charge is 0.489 e. The minimum Gasteiger partial charge on any atom is -0.489 e. The van der Waals surface area contributed by atoms with E-state index in [0.29, 0.717) is 50.5 Å². The molecule has 214 valence electrons. The molecule has 0 saturated heterocycles. The molecule has 1 amide bonds. The number of carbonyl (C=O) groups is 2. The monoisotopic (exact) mass is 599 g/mol. The summed E-state index contributed by atoms with van der Waals surface area (Å²) in [4.78, 5) is 25.9. The van der Waals surface area contributed by atoms with Crippen molar-refractivity contribution in [2.45, 2.75) is 26.4 Å². The first-order chi connectivity index (χ1) is 20.3. The average molecular weight is 600 g/mol. The number of hydrogen-bond acceptors (Lipinski definition) is 7. The van der Waals surface area contributed by atoms with E-state index in [0.717, 1.165) is 11.1 Å². The summed E-state index contributed by atoms with van der Waals surface area (Å²) >= 11 is 7.37. The Bertz CT molecular complexity index is 1580. The lowest BCUT2D eigenvalue weighted by Gasteiger charge is -2.29. The molecule has 0 saturated carbocycles. The van der Waals surface area contributed by atoms with Gasteiger partial charge in [-0.3, -0.25) is 4.79 Å². The first-order valence-electron chi connectivity index (χ1n) is 13.2. The van der Waals surface area contributed by atoms with E-state index in [4.69, 9.17) is 21.1 Å². The Morgan fingerprint density at radius 3 is 2.52 bits per heavy atom. The van der Waals surface area contributed by atoms with E-state index in [1.54, 1.807) is 19.1 Å². The van der Waals surface area contributed by atoms with E-state index in [-0.39, 0.29) is 18.3 Å². The molecule has 1 aliphatic heterocycles. The number of dihydropyridines is 1. The first kappa shape index (κ1) is 30.5. The van der Waals surface area contributed by atoms with Crippen molar-refractivity contribution in [3.05, 3.63) is 129 Å². The number of ether oxygens (including phenoxy) is 2. The number of amides is 1. The van der Waals surface area contributed by atoms with Crippen LogP contribution in [0.4, 0.5) is 5.69 Å². The number of nitriles is 1. The SMILES string of the molecule is C=CCOC(=O)C1=C(C)NC(SCC(=O)Nc2ccc(C)c(Cl)c2)=C(C#N)C1c1ccc(OCc2ccccc2)cc1. The first-order valence-corrected chi connectivity index (χ1v) is 14.5. The fourth-order valence-corrected chi connectivity index (χ4v) is 5.42. The van der Waals surface area contributed by atoms with E-state index in [9.17, 15) is 14.9 Å². The van der Waals surface area contributed by atoms with Crippen molar-refractivity contribution in [2.75, 3.05) is 17.7 Å². The minimum atomic E-state index is -0.710. The molecule has 1 atom stereocenters. The van der Waals surface area contributed by atoms with Crippen molar-refractivity contribution in [2.24, 2.45) is 0 Å². The summed E-state index contributed by atoms with van der Waals surface area (Å²) in [5.74, 6) is -0.848. The summed E-state index contributed by atoms with van der Waals surface area (Å²) in [6, 6.07) is 24.7. The molecule has 1 heterocycles. The molecule has 0 aromatic heterocycles. The lowest BCUT2D eigenvalue weighted by molar-refractivity contribution is -0.138. The van der Waals surface area contributed by atoms with Crippen LogP contribution in [-0.4, -0.2) is 24.2 Å². The predicted octanol–water partition coefficient (Wildman–Crippen LogP) is 7.02. The summed E-state index contributed by atoms with van der Waals surface area (Å²) in [6.45, 7) is 7.69. The molecular formula is C33H30ClN3O4S. The molecule has 1 aliphatic rings. The molecular weight excluding hydrogens is 570 g/mol. The topological polar surface area (TPSA) is 100 Å². The predicted molar refractivity (Wildman–Crippen MR) is 167 cm³/mol. The van der Waals surface area contributed by atoms with Gasteiger partial charge in [-0.1, -0.05) is 84.5 Å². The van der Waals surface area contributed by atoms with Crippen molar-refractivity contribution in [3.63, 3.8) is 0 Å². The normalized spacial score (nSPS) is 14.5. The Balaban J connectivity index is 1.57. The molecule has 3 aromatic rings. The molecule has 9 heteroatoms. The lowest BCUT2D eigenvalue weighted by Crippen LogP contribution is -2.29. The van der Waals surface area contributed by atoms with Gasteiger partial charge in [0, 0.05) is 16.4 Å². The van der Waals surface area contributed by atoms with Gasteiger partial charge < -0.3 is 20.1 Å². The summed E-state index contributed by atoms with van der Waals surface area (Å²) in [5.41, 5.74) is 4.39. The van der Waals surface area contributed by atoms with Crippen molar-refractivity contribution in [1.82, 2.24) is 5.32 Å². The zero-order chi connectivity index (χ0) is 30.1. The maximum absolute atomic E-state index is 13.2. The van der Waals surface area contributed by atoms with Crippen LogP contribution in [-0.2, 0) is 20.9 Å². The Labute approximate surface area is 254 Å². The molecule has 0 fully saturated rings. The number of allylic oxidation sites excluding steroid dienone is 2. The average Bonchev–Trinajstić information content (AvgIpc) is 3.00. The number of aryl methyl sites for hydroxylation is 1. The molecule has 3 aromatic carbocycles. The van der Waals surface area contributed by atoms with Crippen LogP contribution >= 0.6 is 23.4 Å². The van der Waals surface area contributed by atoms with Crippen molar-refractivity contribution in [3.8, 4) is 11.8 Å². The summed E-state index contributed by atoms with van der Waals surface area (Å²) < 4.78 is 11.3. The van der Waals surface area contributed by atoms with Gasteiger partial charge >= 0.3 is 5.97 Å². The van der Waals surface area contributed by atoms with Crippen LogP contribution in [0.25, 0.3) is 0 Å². The number of rotatable bonds is 11. The Hall–Kier alpha value is -4.45. The van der Waals surface area contributed by atoms with Crippen molar-refractivity contribution < 1.29 is 19.1 Å². The van der Waals surface area contributed by atoms with Gasteiger partial charge in [0.05, 0.1) is 33.9 Å². The number of nitrogens with one attached hydrogen (secondary N) is 2. The Kier molecular flexibility index (Phi) is 10.5. The quantitative estimate of drug-likeness (QED) is 0.180. The van der Waals surface area contributed by atoms with Gasteiger partial charge in [-0.15, -0.1) is 0 Å². The number of anilines is 1. The number of carbonyl (C=O) groups excluding carboxylic acids is 2. The Morgan fingerprint density at radius 1 is 1.12 bits per heavy atom. The number of nitrogens with zero attached hydrogens (tertiary/aromatic N) is 1. The van der Waals surface area contributed by atoms with Crippen LogP contribution < -0.4 is 15.4 Å². The molecule has 0 aliphatic carbocycles. The highest BCUT2D eigenvalue weighted by molar-refractivity contribution is 8.03. The number of halogens is 1. The highest BCUT2D eigenvalue weighted by atomic mass is 35.5. The van der Waals surface area contributed by atoms with Gasteiger partial charge in [0.2, 0.25) is 5.91 Å². The molecule has 0 bridgehead atoms. The van der Waals surface area contributed by atoms with Crippen LogP contribution in [0.3, 0.4) is 0 Å². The summed E-state index contributed by atoms with van der Waals surface area (Å²) in [5, 5.41) is 17.3. The van der Waals surface area contributed by atoms with Gasteiger partial charge in [0.15, 0.2) is 0 Å². The molecule has 0 radical (unpaired) electrons. The zero-order valence-electron chi connectivity index (χ0n) is 23.3. The number of benzene rings is 3. The standard InChI is InChI=1S/C33H30ClN3O4S/c1-4-16-40-33(39)30-22(3)36-32(42-20-29(38)37-25-13-10-21(2)28(34)17-25)27(18-35)31(30)24-11-14-26(15-12-24)41-19-23-8-6-5-7-9-23/h4-15,17,31,36H,1,16,19-20H2,2-3H3,(H,37,38). The number of esters is 1. The molecule has 7 nitrogen and oxygen atoms in total. The minimum absolute atomic E-state index is 0.0293. The highest BCUT2D eigenvalue weighted by Gasteiger charge is 2.35. The second-order valence-corrected chi connectivity index (χ2v) is 10.9. The molecule has 0 spiro atoms. The molecule has 2 N–H and O–H groups in total. The van der Waals surface area contributed by atoms with E-state index in [1.807, 2.05) is 67.6 Å². The Morgan fingerprint density at radius 2 is 1.86 bits per heavy atom. The molecule has 1 unspecified atom stereocenters. The molecule has 4 rings (SSSR count). The summed E-state index contributed by atoms with van der Waals surface area (Å²) in [7, 11) is 0. The van der Waals surface area contributed by atoms with Gasteiger partial charge in [-0.25, -0.2) is 4.79 Å². The van der Waals surface area contributed by atoms with E-state index in [1.165, 1.54) is 17.8 Å². The maximum atomic E-state index is 13.2. The third-order valence-corrected chi connectivity index (χ3v) is 7.89. The molecule has 42 heavy (non-hydrogen) atoms. The van der Waals surface area contributed by atoms with Gasteiger partial charge in [0.1, 0.15) is 19.0 Å². The summed E-state index contributed by atoms with van der Waals surface area (Å²) in [6.07, 6.45) is 1.49. The third kappa shape index (κ3) is 7.64. The van der Waals surface area contributed by atoms with E-state index < -0.39 is 11.9 Å². The third-order valence-electron chi connectivity index (χ3n) is 6.46. The van der Waals surface area contributed by atoms with Gasteiger partial charge in [0.25, 0.3) is 0 Å². The maximum Gasteiger partial charge on any atom is 0.337 e. The van der Waals surface area contributed by atoms with Crippen LogP contribution in [0.5, 0.6) is 5.75 Å². The second kappa shape index (κ2) is 14.4. The smallest absolute Gasteiger partial charge is 0.337 e. The van der Waals surface area contributed by atoms with Gasteiger partial charge in [-0.2, -0.15) is 5.26 Å². The van der Waals surface area contributed by atoms with Crippen LogP contribution in [0, 0.1) is 18.3 Å². The van der Waals surface area contributed by atoms with E-state index in [2.05, 4.69) is 23.3 Å². The second-order valence-electron chi connectivity index (χ2n) is 9.48. The highest BCUT2D eigenvalue weighted by Crippen LogP contribution is 2.41. The van der Waals surface area contributed by atoms with Crippen LogP contribution in [0.1, 0.15) is 29.5 Å². The van der Waals surface area contributed by atoms with Gasteiger partial charge in [-0.05, 0) is 54.8 Å². The van der Waals surface area contributed by atoms with Crippen LogP contribution in [0.15, 0.2) is 107 Å². The number of hydrogen-bond donors (Lipinski definition) is 2. The van der Waals surface area contributed by atoms with Crippen molar-refractivity contribution >= 4 is 40.9 Å². The number of thioether (sulfide) groups is 1. The fourth-order valence-electron chi connectivity index (χ4n) is 4.35. The van der Waals surface area contributed by atoms with E-state index >= 15 is 0 Å². The van der Waals surface area contributed by atoms with Crippen LogP contribution in [0.2, 0.25) is 5.02 Å². The van der Waals surface area contributed by atoms with Crippen molar-refractivity contribution in [1.29, 1.82) is 5.26 Å². The lowest BCUT2D eigenvalue weighted by atomic mass is 9.82.